The maximum Gasteiger partial charge on any atom is 0.308 e. The normalized spacial score (nSPS) is 10.6. The van der Waals surface area contributed by atoms with Gasteiger partial charge < -0.3 is 9.84 Å². The summed E-state index contributed by atoms with van der Waals surface area (Å²) in [5, 5.41) is 15.1. The van der Waals surface area contributed by atoms with E-state index in [9.17, 15) is 9.59 Å². The minimum Gasteiger partial charge on any atom is -0.491 e. The summed E-state index contributed by atoms with van der Waals surface area (Å²) < 4.78 is 5.60. The topological polar surface area (TPSA) is 92.3 Å². The van der Waals surface area contributed by atoms with E-state index < -0.39 is 11.5 Å². The van der Waals surface area contributed by atoms with Crippen molar-refractivity contribution in [2.45, 2.75) is 26.4 Å². The van der Waals surface area contributed by atoms with Crippen LogP contribution in [0.4, 0.5) is 0 Å². The third-order valence-corrected chi connectivity index (χ3v) is 2.72. The number of H-pyrrole nitrogens is 1. The number of carbonyl (C=O) groups is 1. The van der Waals surface area contributed by atoms with Crippen LogP contribution < -0.4 is 10.3 Å². The number of nitrogens with one attached hydrogen (secondary N) is 1. The van der Waals surface area contributed by atoms with Crippen molar-refractivity contribution in [3.8, 4) is 17.0 Å². The lowest BCUT2D eigenvalue weighted by Gasteiger charge is -2.10. The van der Waals surface area contributed by atoms with Gasteiger partial charge in [-0.2, -0.15) is 5.10 Å². The third-order valence-electron chi connectivity index (χ3n) is 2.72. The molecule has 0 saturated carbocycles. The smallest absolute Gasteiger partial charge is 0.308 e. The van der Waals surface area contributed by atoms with Crippen molar-refractivity contribution in [3.63, 3.8) is 0 Å². The summed E-state index contributed by atoms with van der Waals surface area (Å²) in [6, 6.07) is 8.75. The van der Waals surface area contributed by atoms with Gasteiger partial charge in [-0.15, -0.1) is 0 Å². The second kappa shape index (κ2) is 6.21. The molecule has 1 aromatic carbocycles. The first-order valence-electron chi connectivity index (χ1n) is 6.53. The first-order valence-corrected chi connectivity index (χ1v) is 6.53. The average molecular weight is 288 g/mol. The molecule has 2 N–H and O–H groups in total. The monoisotopic (exact) mass is 288 g/mol. The lowest BCUT2D eigenvalue weighted by Crippen LogP contribution is -2.17. The highest BCUT2D eigenvalue weighted by Gasteiger charge is 2.09. The summed E-state index contributed by atoms with van der Waals surface area (Å²) >= 11 is 0. The van der Waals surface area contributed by atoms with Gasteiger partial charge in [0.15, 0.2) is 0 Å². The molecule has 6 nitrogen and oxygen atoms in total. The number of aromatic amines is 1. The SMILES string of the molecule is CC(C)Oc1cccc(-c2cc(CC(=O)O)c(=O)[nH]n2)c1. The Balaban J connectivity index is 2.37. The zero-order chi connectivity index (χ0) is 15.4. The Bertz CT molecular complexity index is 707. The van der Waals surface area contributed by atoms with Gasteiger partial charge in [0.2, 0.25) is 0 Å². The van der Waals surface area contributed by atoms with E-state index in [-0.39, 0.29) is 18.1 Å². The Labute approximate surface area is 121 Å². The van der Waals surface area contributed by atoms with Crippen LogP contribution in [0.1, 0.15) is 19.4 Å². The molecule has 110 valence electrons. The summed E-state index contributed by atoms with van der Waals surface area (Å²) in [5.41, 5.74) is 0.925. The van der Waals surface area contributed by atoms with E-state index in [1.807, 2.05) is 32.0 Å². The predicted molar refractivity (Wildman–Crippen MR) is 77.4 cm³/mol. The fourth-order valence-corrected chi connectivity index (χ4v) is 1.89. The van der Waals surface area contributed by atoms with Crippen molar-refractivity contribution in [2.75, 3.05) is 0 Å². The Hall–Kier alpha value is -2.63. The average Bonchev–Trinajstić information content (AvgIpc) is 2.40. The number of carboxylic acid groups (broad SMARTS) is 1. The molecule has 0 amide bonds. The molecule has 0 saturated heterocycles. The van der Waals surface area contributed by atoms with Gasteiger partial charge >= 0.3 is 5.97 Å². The molecule has 0 unspecified atom stereocenters. The number of nitrogens with zero attached hydrogens (tertiary/aromatic N) is 1. The summed E-state index contributed by atoms with van der Waals surface area (Å²) in [6.07, 6.45) is -0.293. The van der Waals surface area contributed by atoms with Crippen molar-refractivity contribution >= 4 is 5.97 Å². The van der Waals surface area contributed by atoms with E-state index in [1.165, 1.54) is 6.07 Å². The van der Waals surface area contributed by atoms with Gasteiger partial charge in [-0.25, -0.2) is 5.10 Å². The maximum atomic E-state index is 11.5. The highest BCUT2D eigenvalue weighted by atomic mass is 16.5. The number of carboxylic acids is 1. The molecule has 0 aliphatic heterocycles. The standard InChI is InChI=1S/C15H16N2O4/c1-9(2)21-12-5-3-4-10(6-12)13-7-11(8-14(18)19)15(20)17-16-13/h3-7,9H,8H2,1-2H3,(H,17,20)(H,18,19). The number of aromatic nitrogens is 2. The van der Waals surface area contributed by atoms with Crippen LogP contribution in [0, 0.1) is 0 Å². The molecule has 21 heavy (non-hydrogen) atoms. The van der Waals surface area contributed by atoms with E-state index >= 15 is 0 Å². The van der Waals surface area contributed by atoms with Crippen molar-refractivity contribution in [1.29, 1.82) is 0 Å². The molecule has 6 heteroatoms. The van der Waals surface area contributed by atoms with Gasteiger partial charge in [0.1, 0.15) is 5.75 Å². The van der Waals surface area contributed by atoms with Crippen LogP contribution in [0.15, 0.2) is 35.1 Å². The van der Waals surface area contributed by atoms with E-state index in [1.54, 1.807) is 6.07 Å². The molecule has 0 aliphatic carbocycles. The number of benzene rings is 1. The molecule has 0 fully saturated rings. The van der Waals surface area contributed by atoms with E-state index in [2.05, 4.69) is 10.2 Å². The van der Waals surface area contributed by atoms with Gasteiger partial charge in [0, 0.05) is 11.1 Å². The van der Waals surface area contributed by atoms with Gasteiger partial charge in [0.25, 0.3) is 5.56 Å². The highest BCUT2D eigenvalue weighted by molar-refractivity contribution is 5.71. The molecule has 0 atom stereocenters. The number of rotatable bonds is 5. The van der Waals surface area contributed by atoms with Crippen LogP contribution >= 0.6 is 0 Å². The Morgan fingerprint density at radius 2 is 2.14 bits per heavy atom. The molecular formula is C15H16N2O4. The van der Waals surface area contributed by atoms with E-state index in [0.717, 1.165) is 5.56 Å². The van der Waals surface area contributed by atoms with Gasteiger partial charge in [-0.05, 0) is 32.0 Å². The van der Waals surface area contributed by atoms with Crippen LogP contribution in [0.3, 0.4) is 0 Å². The molecule has 0 radical (unpaired) electrons. The van der Waals surface area contributed by atoms with E-state index in [0.29, 0.717) is 11.4 Å². The molecule has 1 heterocycles. The number of hydrogen-bond donors (Lipinski definition) is 2. The van der Waals surface area contributed by atoms with Crippen LogP contribution in [0.25, 0.3) is 11.3 Å². The molecular weight excluding hydrogens is 272 g/mol. The summed E-state index contributed by atoms with van der Waals surface area (Å²) in [6.45, 7) is 3.85. The summed E-state index contributed by atoms with van der Waals surface area (Å²) in [5.74, 6) is -0.371. The zero-order valence-electron chi connectivity index (χ0n) is 11.8. The summed E-state index contributed by atoms with van der Waals surface area (Å²) in [4.78, 5) is 22.3. The van der Waals surface area contributed by atoms with Gasteiger partial charge in [-0.3, -0.25) is 9.59 Å². The largest absolute Gasteiger partial charge is 0.491 e. The fraction of sp³-hybridized carbons (Fsp3) is 0.267. The summed E-state index contributed by atoms with van der Waals surface area (Å²) in [7, 11) is 0. The quantitative estimate of drug-likeness (QED) is 0.876. The predicted octanol–water partition coefficient (Wildman–Crippen LogP) is 1.85. The minimum atomic E-state index is -1.06. The van der Waals surface area contributed by atoms with Crippen molar-refractivity contribution < 1.29 is 14.6 Å². The highest BCUT2D eigenvalue weighted by Crippen LogP contribution is 2.22. The second-order valence-corrected chi connectivity index (χ2v) is 4.87. The Morgan fingerprint density at radius 3 is 2.81 bits per heavy atom. The Kier molecular flexibility index (Phi) is 4.37. The maximum absolute atomic E-state index is 11.5. The van der Waals surface area contributed by atoms with Crippen LogP contribution in [0.2, 0.25) is 0 Å². The zero-order valence-corrected chi connectivity index (χ0v) is 11.8. The lowest BCUT2D eigenvalue weighted by atomic mass is 10.1. The molecule has 0 aliphatic rings. The third kappa shape index (κ3) is 3.92. The van der Waals surface area contributed by atoms with Crippen molar-refractivity contribution in [1.82, 2.24) is 10.2 Å². The lowest BCUT2D eigenvalue weighted by molar-refractivity contribution is -0.136. The molecule has 2 rings (SSSR count). The number of aliphatic carboxylic acids is 1. The molecule has 0 bridgehead atoms. The minimum absolute atomic E-state index is 0.0476. The first kappa shape index (κ1) is 14.8. The first-order chi connectivity index (χ1) is 9.95. The van der Waals surface area contributed by atoms with Crippen LogP contribution in [0.5, 0.6) is 5.75 Å². The Morgan fingerprint density at radius 1 is 1.38 bits per heavy atom. The van der Waals surface area contributed by atoms with E-state index in [4.69, 9.17) is 9.84 Å². The molecule has 1 aromatic heterocycles. The van der Waals surface area contributed by atoms with Crippen LogP contribution in [-0.4, -0.2) is 27.4 Å². The molecule has 2 aromatic rings. The second-order valence-electron chi connectivity index (χ2n) is 4.87. The van der Waals surface area contributed by atoms with Crippen molar-refractivity contribution in [3.05, 3.63) is 46.2 Å². The number of hydrogen-bond acceptors (Lipinski definition) is 4. The number of ether oxygens (including phenoxy) is 1. The van der Waals surface area contributed by atoms with Crippen LogP contribution in [-0.2, 0) is 11.2 Å². The van der Waals surface area contributed by atoms with Crippen molar-refractivity contribution in [2.24, 2.45) is 0 Å². The van der Waals surface area contributed by atoms with Gasteiger partial charge in [-0.1, -0.05) is 12.1 Å². The fourth-order valence-electron chi connectivity index (χ4n) is 1.89. The molecule has 0 spiro atoms. The van der Waals surface area contributed by atoms with Gasteiger partial charge in [0.05, 0.1) is 18.2 Å².